The maximum atomic E-state index is 11.1. The minimum absolute atomic E-state index is 0. The minimum Gasteiger partial charge on any atom is -1.00 e. The van der Waals surface area contributed by atoms with Gasteiger partial charge in [-0.05, 0) is 6.92 Å². The molecule has 0 aromatic carbocycles. The van der Waals surface area contributed by atoms with E-state index in [1.807, 2.05) is 7.05 Å². The van der Waals surface area contributed by atoms with E-state index in [-0.39, 0.29) is 12.4 Å². The molecule has 0 aliphatic carbocycles. The summed E-state index contributed by atoms with van der Waals surface area (Å²) < 4.78 is 21.9. The summed E-state index contributed by atoms with van der Waals surface area (Å²) >= 11 is 0. The molecule has 1 unspecified atom stereocenters. The number of carbonyl (C=O) groups excluding carboxylic acids is 1. The maximum Gasteiger partial charge on any atom is 0.500 e. The van der Waals surface area contributed by atoms with Crippen LogP contribution in [0.3, 0.4) is 0 Å². The van der Waals surface area contributed by atoms with Gasteiger partial charge >= 0.3 is 14.8 Å². The van der Waals surface area contributed by atoms with Crippen molar-refractivity contribution in [2.75, 3.05) is 48.2 Å². The summed E-state index contributed by atoms with van der Waals surface area (Å²) in [5, 5.41) is 0. The predicted octanol–water partition coefficient (Wildman–Crippen LogP) is -1.59. The second kappa shape index (κ2) is 11.2. The first-order valence-electron chi connectivity index (χ1n) is 6.69. The number of carbonyl (C=O) groups is 1. The second-order valence-electron chi connectivity index (χ2n) is 4.85. The highest BCUT2D eigenvalue weighted by Gasteiger charge is 2.38. The fraction of sp³-hybridized carbons (Fsp3) is 0.769. The van der Waals surface area contributed by atoms with Gasteiger partial charge in [-0.15, -0.1) is 0 Å². The van der Waals surface area contributed by atoms with Crippen molar-refractivity contribution in [1.82, 2.24) is 0 Å². The molecule has 6 nitrogen and oxygen atoms in total. The number of esters is 1. The van der Waals surface area contributed by atoms with Crippen molar-refractivity contribution in [3.8, 4) is 0 Å². The highest BCUT2D eigenvalue weighted by atomic mass is 35.5. The van der Waals surface area contributed by atoms with Crippen LogP contribution in [0.15, 0.2) is 12.7 Å². The van der Waals surface area contributed by atoms with E-state index in [1.165, 1.54) is 6.08 Å². The molecule has 0 fully saturated rings. The molecule has 126 valence electrons. The van der Waals surface area contributed by atoms with E-state index in [2.05, 4.69) is 13.5 Å². The van der Waals surface area contributed by atoms with E-state index in [1.54, 1.807) is 21.3 Å². The normalized spacial score (nSPS) is 14.0. The molecule has 0 amide bonds. The summed E-state index contributed by atoms with van der Waals surface area (Å²) in [7, 11) is 4.36. The summed E-state index contributed by atoms with van der Waals surface area (Å²) in [4.78, 5) is 11.1. The zero-order chi connectivity index (χ0) is 15.6. The van der Waals surface area contributed by atoms with Gasteiger partial charge in [-0.3, -0.25) is 4.48 Å². The van der Waals surface area contributed by atoms with E-state index in [0.29, 0.717) is 11.2 Å². The molecule has 0 N–H and O–H groups in total. The molecule has 0 aliphatic rings. The number of hydrogen-bond acceptors (Lipinski definition) is 5. The monoisotopic (exact) mass is 341 g/mol. The van der Waals surface area contributed by atoms with E-state index in [0.717, 1.165) is 25.6 Å². The first kappa shape index (κ1) is 22.8. The number of nitrogens with zero attached hydrogens (tertiary/aromatic N) is 1. The van der Waals surface area contributed by atoms with E-state index >= 15 is 0 Å². The summed E-state index contributed by atoms with van der Waals surface area (Å²) in [6, 6.07) is 0.736. The van der Waals surface area contributed by atoms with Crippen molar-refractivity contribution in [2.45, 2.75) is 19.4 Å². The number of quaternary nitrogens is 1. The largest absolute Gasteiger partial charge is 1.00 e. The Bertz CT molecular complexity index is 307. The molecule has 0 aliphatic heterocycles. The average Bonchev–Trinajstić information content (AvgIpc) is 2.49. The molecular formula is C13H28ClNO5Si. The Balaban J connectivity index is 0. The van der Waals surface area contributed by atoms with Crippen LogP contribution in [0.2, 0.25) is 6.04 Å². The van der Waals surface area contributed by atoms with Gasteiger partial charge in [0.15, 0.2) is 0 Å². The number of hydrogen-bond donors (Lipinski definition) is 0. The lowest BCUT2D eigenvalue weighted by atomic mass is 10.3. The van der Waals surface area contributed by atoms with Crippen molar-refractivity contribution in [3.63, 3.8) is 0 Å². The summed E-state index contributed by atoms with van der Waals surface area (Å²) in [5.74, 6) is -0.391. The lowest BCUT2D eigenvalue weighted by Crippen LogP contribution is -3.00. The molecular weight excluding hydrogens is 314 g/mol. The van der Waals surface area contributed by atoms with E-state index in [4.69, 9.17) is 18.0 Å². The Morgan fingerprint density at radius 2 is 1.76 bits per heavy atom. The first-order chi connectivity index (χ1) is 9.40. The number of ether oxygens (including phenoxy) is 1. The molecule has 8 heteroatoms. The van der Waals surface area contributed by atoms with Crippen LogP contribution in [0, 0.1) is 0 Å². The zero-order valence-corrected chi connectivity index (χ0v) is 15.4. The van der Waals surface area contributed by atoms with Crippen LogP contribution in [0.1, 0.15) is 13.3 Å². The third kappa shape index (κ3) is 7.94. The van der Waals surface area contributed by atoms with Crippen LogP contribution in [-0.4, -0.2) is 67.5 Å². The molecule has 0 aromatic heterocycles. The third-order valence-electron chi connectivity index (χ3n) is 3.56. The van der Waals surface area contributed by atoms with Crippen molar-refractivity contribution in [2.24, 2.45) is 0 Å². The van der Waals surface area contributed by atoms with Gasteiger partial charge in [-0.25, -0.2) is 4.79 Å². The smallest absolute Gasteiger partial charge is 0.500 e. The summed E-state index contributed by atoms with van der Waals surface area (Å²) in [6.07, 6.45) is 2.05. The molecule has 0 saturated carbocycles. The zero-order valence-electron chi connectivity index (χ0n) is 13.7. The summed E-state index contributed by atoms with van der Waals surface area (Å²) in [5.41, 5.74) is 0. The average molecular weight is 342 g/mol. The third-order valence-corrected chi connectivity index (χ3v) is 6.39. The van der Waals surface area contributed by atoms with Gasteiger partial charge in [0, 0.05) is 39.9 Å². The molecule has 0 rings (SSSR count). The van der Waals surface area contributed by atoms with Gasteiger partial charge in [0.1, 0.15) is 0 Å². The van der Waals surface area contributed by atoms with Gasteiger partial charge < -0.3 is 30.4 Å². The molecule has 0 radical (unpaired) electrons. The fourth-order valence-electron chi connectivity index (χ4n) is 1.83. The number of rotatable bonds is 11. The number of halogens is 1. The predicted molar refractivity (Wildman–Crippen MR) is 79.0 cm³/mol. The van der Waals surface area contributed by atoms with Crippen molar-refractivity contribution >= 4 is 14.8 Å². The van der Waals surface area contributed by atoms with Crippen LogP contribution < -0.4 is 12.4 Å². The van der Waals surface area contributed by atoms with Gasteiger partial charge in [-0.2, -0.15) is 0 Å². The van der Waals surface area contributed by atoms with Crippen LogP contribution in [0.5, 0.6) is 0 Å². The van der Waals surface area contributed by atoms with Crippen LogP contribution in [0.25, 0.3) is 0 Å². The molecule has 0 aromatic rings. The Morgan fingerprint density at radius 3 is 2.14 bits per heavy atom. The van der Waals surface area contributed by atoms with E-state index < -0.39 is 14.8 Å². The van der Waals surface area contributed by atoms with Gasteiger partial charge in [0.25, 0.3) is 0 Å². The topological polar surface area (TPSA) is 54.0 Å². The SMILES string of the molecule is C=CC(=O)OC[N+](C)(CC)CCC[Si](OC)(OC)OC.[Cl-]. The van der Waals surface area contributed by atoms with E-state index in [9.17, 15) is 4.79 Å². The highest BCUT2D eigenvalue weighted by Crippen LogP contribution is 2.17. The van der Waals surface area contributed by atoms with Crippen molar-refractivity contribution in [3.05, 3.63) is 12.7 Å². The first-order valence-corrected chi connectivity index (χ1v) is 8.62. The molecule has 1 atom stereocenters. The van der Waals surface area contributed by atoms with Crippen molar-refractivity contribution < 1.29 is 39.7 Å². The van der Waals surface area contributed by atoms with Gasteiger partial charge in [0.2, 0.25) is 6.73 Å². The Hall–Kier alpha value is -0.443. The Labute approximate surface area is 135 Å². The molecule has 0 spiro atoms. The lowest BCUT2D eigenvalue weighted by molar-refractivity contribution is -0.924. The summed E-state index contributed by atoms with van der Waals surface area (Å²) in [6.45, 7) is 7.51. The second-order valence-corrected chi connectivity index (χ2v) is 7.95. The van der Waals surface area contributed by atoms with Crippen LogP contribution in [0.4, 0.5) is 0 Å². The Kier molecular flexibility index (Phi) is 12.1. The fourth-order valence-corrected chi connectivity index (χ4v) is 3.53. The highest BCUT2D eigenvalue weighted by molar-refractivity contribution is 6.60. The molecule has 0 heterocycles. The molecule has 0 saturated heterocycles. The van der Waals surface area contributed by atoms with Crippen LogP contribution >= 0.6 is 0 Å². The quantitative estimate of drug-likeness (QED) is 0.149. The van der Waals surface area contributed by atoms with Gasteiger partial charge in [-0.1, -0.05) is 6.58 Å². The van der Waals surface area contributed by atoms with Crippen LogP contribution in [-0.2, 0) is 22.8 Å². The minimum atomic E-state index is -2.52. The molecule has 0 bridgehead atoms. The maximum absolute atomic E-state index is 11.1. The Morgan fingerprint density at radius 1 is 1.24 bits per heavy atom. The van der Waals surface area contributed by atoms with Gasteiger partial charge in [0.05, 0.1) is 20.1 Å². The standard InChI is InChI=1S/C13H28NO5Si.ClH/c1-7-13(15)19-12-14(3,8-2)10-9-11-20(16-4,17-5)18-6;/h7H,1,8-12H2,2-6H3;1H/q+1;/p-1. The molecule has 21 heavy (non-hydrogen) atoms. The lowest BCUT2D eigenvalue weighted by Gasteiger charge is -2.33. The van der Waals surface area contributed by atoms with Crippen molar-refractivity contribution in [1.29, 1.82) is 0 Å².